The first-order valence-corrected chi connectivity index (χ1v) is 12.5. The summed E-state index contributed by atoms with van der Waals surface area (Å²) < 4.78 is 17.1. The zero-order valence-electron chi connectivity index (χ0n) is 21.3. The fourth-order valence-electron chi connectivity index (χ4n) is 4.71. The van der Waals surface area contributed by atoms with Crippen molar-refractivity contribution >= 4 is 17.8 Å². The molecule has 2 amide bonds. The van der Waals surface area contributed by atoms with E-state index in [4.69, 9.17) is 14.2 Å². The highest BCUT2D eigenvalue weighted by Crippen LogP contribution is 2.36. The third-order valence-corrected chi connectivity index (χ3v) is 6.40. The molecule has 0 aromatic carbocycles. The van der Waals surface area contributed by atoms with Gasteiger partial charge in [0.2, 0.25) is 11.8 Å². The second-order valence-electron chi connectivity index (χ2n) is 10.3. The molecule has 0 bridgehead atoms. The summed E-state index contributed by atoms with van der Waals surface area (Å²) in [7, 11) is 1.73. The van der Waals surface area contributed by atoms with E-state index < -0.39 is 11.5 Å². The van der Waals surface area contributed by atoms with Crippen LogP contribution in [0.1, 0.15) is 70.9 Å². The SMILES string of the molecule is CN1C(=O)C[C@H](C(=O)NCCOC2CCC(OCCC(=O)OC(C)(C)C)CC2)[C@H]1c1cccnc1. The Balaban J connectivity index is 1.31. The Bertz CT molecular complexity index is 848. The van der Waals surface area contributed by atoms with Gasteiger partial charge < -0.3 is 24.4 Å². The number of likely N-dealkylation sites (tertiary alicyclic amines) is 1. The lowest BCUT2D eigenvalue weighted by Crippen LogP contribution is -2.37. The minimum absolute atomic E-state index is 0.0414. The maximum Gasteiger partial charge on any atom is 0.308 e. The van der Waals surface area contributed by atoms with E-state index in [1.54, 1.807) is 24.3 Å². The van der Waals surface area contributed by atoms with Gasteiger partial charge in [-0.2, -0.15) is 0 Å². The average molecular weight is 490 g/mol. The predicted octanol–water partition coefficient (Wildman–Crippen LogP) is 2.79. The molecule has 1 aliphatic carbocycles. The summed E-state index contributed by atoms with van der Waals surface area (Å²) in [6.45, 7) is 6.76. The number of carbonyl (C=O) groups excluding carboxylic acids is 3. The minimum atomic E-state index is -0.474. The summed E-state index contributed by atoms with van der Waals surface area (Å²) in [4.78, 5) is 42.6. The van der Waals surface area contributed by atoms with Crippen molar-refractivity contribution in [3.05, 3.63) is 30.1 Å². The Hall–Kier alpha value is -2.52. The molecule has 1 aromatic heterocycles. The van der Waals surface area contributed by atoms with Gasteiger partial charge in [0, 0.05) is 32.4 Å². The third-order valence-electron chi connectivity index (χ3n) is 6.40. The van der Waals surface area contributed by atoms with Crippen molar-refractivity contribution in [2.24, 2.45) is 5.92 Å². The molecule has 2 aliphatic rings. The number of nitrogens with one attached hydrogen (secondary N) is 1. The predicted molar refractivity (Wildman–Crippen MR) is 129 cm³/mol. The second kappa shape index (κ2) is 12.4. The number of aromatic nitrogens is 1. The molecule has 194 valence electrons. The van der Waals surface area contributed by atoms with E-state index >= 15 is 0 Å². The number of esters is 1. The summed E-state index contributed by atoms with van der Waals surface area (Å²) in [6, 6.07) is 3.41. The van der Waals surface area contributed by atoms with Crippen LogP contribution < -0.4 is 5.32 Å². The highest BCUT2D eigenvalue weighted by atomic mass is 16.6. The molecule has 35 heavy (non-hydrogen) atoms. The lowest BCUT2D eigenvalue weighted by Gasteiger charge is -2.29. The molecule has 2 heterocycles. The first kappa shape index (κ1) is 27.1. The molecule has 2 atom stereocenters. The number of hydrogen-bond donors (Lipinski definition) is 1. The van der Waals surface area contributed by atoms with E-state index in [9.17, 15) is 14.4 Å². The molecule has 1 aromatic rings. The third kappa shape index (κ3) is 8.28. The zero-order chi connectivity index (χ0) is 25.4. The molecule has 3 rings (SSSR count). The van der Waals surface area contributed by atoms with Gasteiger partial charge in [-0.15, -0.1) is 0 Å². The Morgan fingerprint density at radius 1 is 1.11 bits per heavy atom. The smallest absolute Gasteiger partial charge is 0.308 e. The van der Waals surface area contributed by atoms with Gasteiger partial charge in [-0.25, -0.2) is 0 Å². The van der Waals surface area contributed by atoms with Crippen LogP contribution in [0.3, 0.4) is 0 Å². The fourth-order valence-corrected chi connectivity index (χ4v) is 4.71. The summed E-state index contributed by atoms with van der Waals surface area (Å²) in [5, 5.41) is 2.94. The molecule has 1 saturated carbocycles. The van der Waals surface area contributed by atoms with E-state index in [-0.39, 0.29) is 48.9 Å². The monoisotopic (exact) mass is 489 g/mol. The van der Waals surface area contributed by atoms with Gasteiger partial charge in [-0.1, -0.05) is 6.07 Å². The van der Waals surface area contributed by atoms with Crippen molar-refractivity contribution in [3.63, 3.8) is 0 Å². The van der Waals surface area contributed by atoms with Crippen molar-refractivity contribution in [1.82, 2.24) is 15.2 Å². The van der Waals surface area contributed by atoms with E-state index in [1.165, 1.54) is 0 Å². The van der Waals surface area contributed by atoms with Crippen LogP contribution in [0.4, 0.5) is 0 Å². The first-order valence-electron chi connectivity index (χ1n) is 12.5. The summed E-state index contributed by atoms with van der Waals surface area (Å²) >= 11 is 0. The molecule has 0 spiro atoms. The van der Waals surface area contributed by atoms with Gasteiger partial charge >= 0.3 is 5.97 Å². The normalized spacial score (nSPS) is 24.9. The molecule has 0 unspecified atom stereocenters. The summed E-state index contributed by atoms with van der Waals surface area (Å²) in [6.07, 6.45) is 7.66. The molecule has 9 heteroatoms. The molecule has 1 saturated heterocycles. The molecule has 2 fully saturated rings. The van der Waals surface area contributed by atoms with Gasteiger partial charge in [0.25, 0.3) is 0 Å². The minimum Gasteiger partial charge on any atom is -0.460 e. The van der Waals surface area contributed by atoms with Crippen molar-refractivity contribution < 1.29 is 28.6 Å². The number of nitrogens with zero attached hydrogens (tertiary/aromatic N) is 2. The summed E-state index contributed by atoms with van der Waals surface area (Å²) in [5.41, 5.74) is 0.389. The first-order chi connectivity index (χ1) is 16.6. The van der Waals surface area contributed by atoms with Gasteiger partial charge in [0.05, 0.1) is 43.8 Å². The Morgan fingerprint density at radius 2 is 1.77 bits per heavy atom. The Labute approximate surface area is 207 Å². The van der Waals surface area contributed by atoms with Gasteiger partial charge in [-0.3, -0.25) is 19.4 Å². The number of rotatable bonds is 10. The lowest BCUT2D eigenvalue weighted by atomic mass is 9.94. The molecule has 9 nitrogen and oxygen atoms in total. The van der Waals surface area contributed by atoms with Crippen LogP contribution in [0.25, 0.3) is 0 Å². The van der Waals surface area contributed by atoms with Crippen LogP contribution in [-0.2, 0) is 28.6 Å². The van der Waals surface area contributed by atoms with Gasteiger partial charge in [0.1, 0.15) is 5.60 Å². The molecular formula is C26H39N3O6. The molecule has 1 aliphatic heterocycles. The highest BCUT2D eigenvalue weighted by molar-refractivity contribution is 5.90. The maximum absolute atomic E-state index is 12.8. The van der Waals surface area contributed by atoms with E-state index in [2.05, 4.69) is 10.3 Å². The maximum atomic E-state index is 12.8. The van der Waals surface area contributed by atoms with Gasteiger partial charge in [-0.05, 0) is 58.1 Å². The van der Waals surface area contributed by atoms with Crippen molar-refractivity contribution in [3.8, 4) is 0 Å². The molecular weight excluding hydrogens is 450 g/mol. The Morgan fingerprint density at radius 3 is 2.37 bits per heavy atom. The van der Waals surface area contributed by atoms with Crippen LogP contribution in [0.15, 0.2) is 24.5 Å². The van der Waals surface area contributed by atoms with Gasteiger partial charge in [0.15, 0.2) is 0 Å². The van der Waals surface area contributed by atoms with E-state index in [0.29, 0.717) is 19.8 Å². The largest absolute Gasteiger partial charge is 0.460 e. The lowest BCUT2D eigenvalue weighted by molar-refractivity contribution is -0.156. The number of pyridine rings is 1. The molecule has 1 N–H and O–H groups in total. The number of amides is 2. The second-order valence-corrected chi connectivity index (χ2v) is 10.3. The van der Waals surface area contributed by atoms with Crippen LogP contribution in [0.2, 0.25) is 0 Å². The van der Waals surface area contributed by atoms with Crippen LogP contribution in [-0.4, -0.2) is 72.3 Å². The quantitative estimate of drug-likeness (QED) is 0.398. The van der Waals surface area contributed by atoms with Crippen LogP contribution in [0, 0.1) is 5.92 Å². The number of carbonyl (C=O) groups is 3. The van der Waals surface area contributed by atoms with Crippen molar-refractivity contribution in [1.29, 1.82) is 0 Å². The Kier molecular flexibility index (Phi) is 9.63. The summed E-state index contributed by atoms with van der Waals surface area (Å²) in [5.74, 6) is -0.857. The fraction of sp³-hybridized carbons (Fsp3) is 0.692. The van der Waals surface area contributed by atoms with Crippen molar-refractivity contribution in [2.45, 2.75) is 83.1 Å². The topological polar surface area (TPSA) is 107 Å². The number of ether oxygens (including phenoxy) is 3. The highest BCUT2D eigenvalue weighted by Gasteiger charge is 2.42. The standard InChI is InChI=1S/C26H39N3O6/c1-26(2,3)35-23(31)11-14-33-19-7-9-20(10-8-19)34-15-13-28-25(32)21-16-22(30)29(4)24(21)18-6-5-12-27-17-18/h5-6,12,17,19-21,24H,7-11,13-16H2,1-4H3,(H,28,32)/t19?,20?,21-,24+/m0/s1. The average Bonchev–Trinajstić information content (AvgIpc) is 3.11. The van der Waals surface area contributed by atoms with E-state index in [1.807, 2.05) is 32.9 Å². The zero-order valence-corrected chi connectivity index (χ0v) is 21.3. The van der Waals surface area contributed by atoms with E-state index in [0.717, 1.165) is 31.2 Å². The van der Waals surface area contributed by atoms with Crippen LogP contribution in [0.5, 0.6) is 0 Å². The number of hydrogen-bond acceptors (Lipinski definition) is 7. The van der Waals surface area contributed by atoms with Crippen LogP contribution >= 0.6 is 0 Å². The van der Waals surface area contributed by atoms with Crippen molar-refractivity contribution in [2.75, 3.05) is 26.8 Å². The molecule has 0 radical (unpaired) electrons.